The van der Waals surface area contributed by atoms with Gasteiger partial charge < -0.3 is 24.9 Å². The van der Waals surface area contributed by atoms with E-state index in [-0.39, 0.29) is 12.3 Å². The van der Waals surface area contributed by atoms with Gasteiger partial charge >= 0.3 is 5.97 Å². The first-order chi connectivity index (χ1) is 16.5. The number of carbonyl (C=O) groups is 2. The number of amides is 1. The van der Waals surface area contributed by atoms with Gasteiger partial charge in [0.2, 0.25) is 5.91 Å². The molecule has 34 heavy (non-hydrogen) atoms. The Hall–Kier alpha value is -4.33. The Kier molecular flexibility index (Phi) is 7.07. The van der Waals surface area contributed by atoms with E-state index in [9.17, 15) is 9.59 Å². The molecule has 174 valence electrons. The summed E-state index contributed by atoms with van der Waals surface area (Å²) in [4.78, 5) is 27.9. The minimum atomic E-state index is -0.856. The number of anilines is 3. The number of carboxylic acid groups (broad SMARTS) is 1. The van der Waals surface area contributed by atoms with Gasteiger partial charge in [-0.05, 0) is 55.3 Å². The van der Waals surface area contributed by atoms with Crippen molar-refractivity contribution in [2.24, 2.45) is 0 Å². The number of ether oxygens (including phenoxy) is 1. The Morgan fingerprint density at radius 2 is 1.82 bits per heavy atom. The first kappa shape index (κ1) is 22.8. The number of aliphatic carboxylic acids is 1. The standard InChI is InChI=1S/C26H25N3O5/c1-17(25(32)27-20-9-5-10-21(16-20)33-14-6-11-24(30)31)18-12-13-22-23(15-18)34-26(29-22)28-19-7-3-2-4-8-19/h2-5,7-10,12-13,15-17H,6,11,14H2,1H3,(H,27,32)(H,28,29)(H,30,31). The fourth-order valence-electron chi connectivity index (χ4n) is 3.39. The lowest BCUT2D eigenvalue weighted by atomic mass is 10.00. The second kappa shape index (κ2) is 10.5. The highest BCUT2D eigenvalue weighted by molar-refractivity contribution is 5.96. The van der Waals surface area contributed by atoms with E-state index in [1.807, 2.05) is 55.5 Å². The van der Waals surface area contributed by atoms with Crippen LogP contribution in [0.25, 0.3) is 11.1 Å². The normalized spacial score (nSPS) is 11.7. The number of rotatable bonds is 10. The zero-order valence-electron chi connectivity index (χ0n) is 18.7. The molecular weight excluding hydrogens is 434 g/mol. The number of oxazole rings is 1. The Balaban J connectivity index is 1.39. The molecule has 3 aromatic carbocycles. The second-order valence-electron chi connectivity index (χ2n) is 7.82. The van der Waals surface area contributed by atoms with Crippen LogP contribution >= 0.6 is 0 Å². The largest absolute Gasteiger partial charge is 0.494 e. The number of nitrogens with zero attached hydrogens (tertiary/aromatic N) is 1. The van der Waals surface area contributed by atoms with Gasteiger partial charge in [0, 0.05) is 23.9 Å². The van der Waals surface area contributed by atoms with Gasteiger partial charge in [0.25, 0.3) is 6.01 Å². The molecule has 4 rings (SSSR count). The van der Waals surface area contributed by atoms with Gasteiger partial charge in [0.1, 0.15) is 11.3 Å². The van der Waals surface area contributed by atoms with Crippen molar-refractivity contribution in [2.75, 3.05) is 17.2 Å². The molecule has 0 spiro atoms. The van der Waals surface area contributed by atoms with E-state index in [0.717, 1.165) is 11.3 Å². The van der Waals surface area contributed by atoms with Crippen LogP contribution in [0.5, 0.6) is 5.75 Å². The molecule has 0 saturated heterocycles. The van der Waals surface area contributed by atoms with Crippen LogP contribution < -0.4 is 15.4 Å². The van der Waals surface area contributed by atoms with Gasteiger partial charge in [-0.25, -0.2) is 0 Å². The van der Waals surface area contributed by atoms with Crippen molar-refractivity contribution in [3.63, 3.8) is 0 Å². The summed E-state index contributed by atoms with van der Waals surface area (Å²) in [5.74, 6) is -0.895. The predicted molar refractivity (Wildman–Crippen MR) is 130 cm³/mol. The molecule has 0 saturated carbocycles. The Bertz CT molecular complexity index is 1290. The molecule has 1 aromatic heterocycles. The summed E-state index contributed by atoms with van der Waals surface area (Å²) < 4.78 is 11.4. The summed E-state index contributed by atoms with van der Waals surface area (Å²) in [6.45, 7) is 2.11. The van der Waals surface area contributed by atoms with Crippen LogP contribution in [0.3, 0.4) is 0 Å². The topological polar surface area (TPSA) is 114 Å². The van der Waals surface area contributed by atoms with E-state index in [1.165, 1.54) is 0 Å². The molecule has 0 fully saturated rings. The van der Waals surface area contributed by atoms with E-state index in [4.69, 9.17) is 14.3 Å². The molecular formula is C26H25N3O5. The fourth-order valence-corrected chi connectivity index (χ4v) is 3.39. The van der Waals surface area contributed by atoms with Crippen LogP contribution in [0.1, 0.15) is 31.2 Å². The van der Waals surface area contributed by atoms with Gasteiger partial charge in [0.15, 0.2) is 5.58 Å². The maximum Gasteiger partial charge on any atom is 0.303 e. The monoisotopic (exact) mass is 459 g/mol. The molecule has 0 radical (unpaired) electrons. The average molecular weight is 460 g/mol. The third kappa shape index (κ3) is 5.92. The number of benzene rings is 3. The van der Waals surface area contributed by atoms with Crippen LogP contribution in [-0.2, 0) is 9.59 Å². The molecule has 1 unspecified atom stereocenters. The van der Waals surface area contributed by atoms with Gasteiger partial charge in [-0.15, -0.1) is 0 Å². The van der Waals surface area contributed by atoms with Gasteiger partial charge in [-0.2, -0.15) is 4.98 Å². The maximum atomic E-state index is 12.9. The second-order valence-corrected chi connectivity index (χ2v) is 7.82. The molecule has 1 heterocycles. The zero-order valence-corrected chi connectivity index (χ0v) is 18.7. The molecule has 8 heteroatoms. The smallest absolute Gasteiger partial charge is 0.303 e. The summed E-state index contributed by atoms with van der Waals surface area (Å²) in [7, 11) is 0. The number of carbonyl (C=O) groups excluding carboxylic acids is 1. The first-order valence-electron chi connectivity index (χ1n) is 11.0. The summed E-state index contributed by atoms with van der Waals surface area (Å²) in [6, 6.07) is 22.5. The highest BCUT2D eigenvalue weighted by Gasteiger charge is 2.18. The SMILES string of the molecule is CC(C(=O)Nc1cccc(OCCCC(=O)O)c1)c1ccc2nc(Nc3ccccc3)oc2c1. The number of aromatic nitrogens is 1. The van der Waals surface area contributed by atoms with Crippen molar-refractivity contribution >= 4 is 40.4 Å². The summed E-state index contributed by atoms with van der Waals surface area (Å²) in [5.41, 5.74) is 3.56. The van der Waals surface area contributed by atoms with Crippen LogP contribution in [0, 0.1) is 0 Å². The highest BCUT2D eigenvalue weighted by atomic mass is 16.5. The van der Waals surface area contributed by atoms with Crippen LogP contribution in [0.15, 0.2) is 77.2 Å². The summed E-state index contributed by atoms with van der Waals surface area (Å²) >= 11 is 0. The Labute approximate surface area is 196 Å². The molecule has 1 atom stereocenters. The third-order valence-corrected chi connectivity index (χ3v) is 5.24. The summed E-state index contributed by atoms with van der Waals surface area (Å²) in [6.07, 6.45) is 0.461. The summed E-state index contributed by atoms with van der Waals surface area (Å²) in [5, 5.41) is 14.7. The number of hydrogen-bond acceptors (Lipinski definition) is 6. The van der Waals surface area contributed by atoms with E-state index in [1.54, 1.807) is 24.3 Å². The van der Waals surface area contributed by atoms with Gasteiger partial charge in [0.05, 0.1) is 12.5 Å². The number of carboxylic acids is 1. The molecule has 0 aliphatic heterocycles. The van der Waals surface area contributed by atoms with E-state index >= 15 is 0 Å². The van der Waals surface area contributed by atoms with Crippen molar-refractivity contribution < 1.29 is 23.8 Å². The molecule has 1 amide bonds. The van der Waals surface area contributed by atoms with E-state index in [0.29, 0.717) is 41.6 Å². The Morgan fingerprint density at radius 1 is 1.03 bits per heavy atom. The lowest BCUT2D eigenvalue weighted by molar-refractivity contribution is -0.137. The number of fused-ring (bicyclic) bond motifs is 1. The van der Waals surface area contributed by atoms with Crippen LogP contribution in [0.4, 0.5) is 17.4 Å². The van der Waals surface area contributed by atoms with Crippen molar-refractivity contribution in [1.29, 1.82) is 0 Å². The van der Waals surface area contributed by atoms with Crippen LogP contribution in [-0.4, -0.2) is 28.6 Å². The van der Waals surface area contributed by atoms with Gasteiger partial charge in [-0.3, -0.25) is 9.59 Å². The quantitative estimate of drug-likeness (QED) is 0.266. The fraction of sp³-hybridized carbons (Fsp3) is 0.192. The number of nitrogens with one attached hydrogen (secondary N) is 2. The number of hydrogen-bond donors (Lipinski definition) is 3. The molecule has 0 aliphatic rings. The minimum Gasteiger partial charge on any atom is -0.494 e. The first-order valence-corrected chi connectivity index (χ1v) is 11.0. The zero-order chi connectivity index (χ0) is 23.9. The van der Waals surface area contributed by atoms with E-state index < -0.39 is 11.9 Å². The number of para-hydroxylation sites is 1. The third-order valence-electron chi connectivity index (χ3n) is 5.24. The van der Waals surface area contributed by atoms with Gasteiger partial charge in [-0.1, -0.05) is 30.3 Å². The molecule has 3 N–H and O–H groups in total. The van der Waals surface area contributed by atoms with Crippen molar-refractivity contribution in [1.82, 2.24) is 4.98 Å². The molecule has 0 bridgehead atoms. The average Bonchev–Trinajstić information content (AvgIpc) is 3.23. The minimum absolute atomic E-state index is 0.0489. The lowest BCUT2D eigenvalue weighted by Gasteiger charge is -2.13. The van der Waals surface area contributed by atoms with Crippen molar-refractivity contribution in [2.45, 2.75) is 25.7 Å². The maximum absolute atomic E-state index is 12.9. The van der Waals surface area contributed by atoms with Crippen LogP contribution in [0.2, 0.25) is 0 Å². The predicted octanol–water partition coefficient (Wildman–Crippen LogP) is 5.56. The van der Waals surface area contributed by atoms with Crippen molar-refractivity contribution in [3.8, 4) is 5.75 Å². The van der Waals surface area contributed by atoms with E-state index in [2.05, 4.69) is 15.6 Å². The Morgan fingerprint density at radius 3 is 2.62 bits per heavy atom. The molecule has 4 aromatic rings. The molecule has 8 nitrogen and oxygen atoms in total. The molecule has 0 aliphatic carbocycles. The van der Waals surface area contributed by atoms with Crippen molar-refractivity contribution in [3.05, 3.63) is 78.4 Å². The highest BCUT2D eigenvalue weighted by Crippen LogP contribution is 2.27. The lowest BCUT2D eigenvalue weighted by Crippen LogP contribution is -2.18.